The lowest BCUT2D eigenvalue weighted by Crippen LogP contribution is -2.40. The van der Waals surface area contributed by atoms with Gasteiger partial charge in [-0.25, -0.2) is 4.39 Å². The second kappa shape index (κ2) is 8.45. The highest BCUT2D eigenvalue weighted by Gasteiger charge is 2.46. The van der Waals surface area contributed by atoms with E-state index in [1.54, 1.807) is 17.0 Å². The molecule has 0 N–H and O–H groups in total. The molecule has 0 radical (unpaired) electrons. The van der Waals surface area contributed by atoms with Gasteiger partial charge in [0.1, 0.15) is 11.5 Å². The maximum Gasteiger partial charge on any atom is 0.227 e. The summed E-state index contributed by atoms with van der Waals surface area (Å²) in [6.45, 7) is 4.20. The normalized spacial score (nSPS) is 22.2. The van der Waals surface area contributed by atoms with E-state index in [0.717, 1.165) is 36.6 Å². The van der Waals surface area contributed by atoms with Crippen molar-refractivity contribution in [1.82, 2.24) is 14.5 Å². The number of rotatable bonds is 4. The highest BCUT2D eigenvalue weighted by Crippen LogP contribution is 2.37. The van der Waals surface area contributed by atoms with Gasteiger partial charge < -0.3 is 9.64 Å². The summed E-state index contributed by atoms with van der Waals surface area (Å²) in [7, 11) is 0. The summed E-state index contributed by atoms with van der Waals surface area (Å²) in [5.41, 5.74) is 3.65. The lowest BCUT2D eigenvalue weighted by atomic mass is 9.87. The van der Waals surface area contributed by atoms with Gasteiger partial charge in [-0.2, -0.15) is 0 Å². The van der Waals surface area contributed by atoms with E-state index in [2.05, 4.69) is 38.8 Å². The van der Waals surface area contributed by atoms with Crippen LogP contribution in [-0.2, 0) is 16.1 Å². The first-order chi connectivity index (χ1) is 15.1. The van der Waals surface area contributed by atoms with Gasteiger partial charge in [0.05, 0.1) is 13.2 Å². The Kier molecular flexibility index (Phi) is 5.52. The van der Waals surface area contributed by atoms with Crippen molar-refractivity contribution in [3.63, 3.8) is 0 Å². The van der Waals surface area contributed by atoms with Gasteiger partial charge in [0, 0.05) is 54.6 Å². The summed E-state index contributed by atoms with van der Waals surface area (Å²) < 4.78 is 23.1. The molecule has 2 aromatic carbocycles. The Balaban J connectivity index is 1.29. The van der Waals surface area contributed by atoms with Gasteiger partial charge >= 0.3 is 0 Å². The molecular weight excluding hydrogens is 415 g/mol. The number of anilines is 1. The molecular formula is C23H23FN4O2S. The molecule has 2 aliphatic rings. The van der Waals surface area contributed by atoms with E-state index in [9.17, 15) is 9.18 Å². The molecule has 6 nitrogen and oxygen atoms in total. The van der Waals surface area contributed by atoms with Crippen molar-refractivity contribution in [1.29, 1.82) is 0 Å². The van der Waals surface area contributed by atoms with Crippen LogP contribution < -0.4 is 4.90 Å². The monoisotopic (exact) mass is 438 g/mol. The van der Waals surface area contributed by atoms with E-state index in [4.69, 9.17) is 4.74 Å². The molecule has 1 atom stereocenters. The molecule has 0 unspecified atom stereocenters. The van der Waals surface area contributed by atoms with Gasteiger partial charge in [-0.3, -0.25) is 9.69 Å². The second-order valence-corrected chi connectivity index (χ2v) is 8.99. The van der Waals surface area contributed by atoms with Gasteiger partial charge in [0.15, 0.2) is 0 Å². The van der Waals surface area contributed by atoms with Crippen LogP contribution in [0.25, 0.3) is 11.3 Å². The van der Waals surface area contributed by atoms with Crippen molar-refractivity contribution in [2.24, 2.45) is 5.41 Å². The molecule has 3 aromatic rings. The minimum atomic E-state index is -0.300. The van der Waals surface area contributed by atoms with Gasteiger partial charge in [-0.1, -0.05) is 28.8 Å². The van der Waals surface area contributed by atoms with Crippen molar-refractivity contribution in [3.8, 4) is 11.3 Å². The molecule has 31 heavy (non-hydrogen) atoms. The van der Waals surface area contributed by atoms with Crippen molar-refractivity contribution in [2.45, 2.75) is 13.0 Å². The average Bonchev–Trinajstić information content (AvgIpc) is 3.36. The highest BCUT2D eigenvalue weighted by molar-refractivity contribution is 7.03. The molecule has 2 saturated heterocycles. The van der Waals surface area contributed by atoms with Crippen LogP contribution in [0.3, 0.4) is 0 Å². The Labute approximate surface area is 184 Å². The van der Waals surface area contributed by atoms with Crippen LogP contribution in [0, 0.1) is 11.2 Å². The van der Waals surface area contributed by atoms with E-state index in [1.165, 1.54) is 29.2 Å². The van der Waals surface area contributed by atoms with Crippen molar-refractivity contribution in [3.05, 3.63) is 65.3 Å². The molecule has 160 valence electrons. The second-order valence-electron chi connectivity index (χ2n) is 8.38. The minimum absolute atomic E-state index is 0.0679. The predicted octanol–water partition coefficient (Wildman–Crippen LogP) is 3.60. The van der Waals surface area contributed by atoms with Gasteiger partial charge in [0.25, 0.3) is 0 Å². The fraction of sp³-hybridized carbons (Fsp3) is 0.348. The minimum Gasteiger partial charge on any atom is -0.379 e. The topological polar surface area (TPSA) is 58.6 Å². The first kappa shape index (κ1) is 20.2. The molecule has 1 amide bonds. The quantitative estimate of drug-likeness (QED) is 0.623. The van der Waals surface area contributed by atoms with Crippen LogP contribution in [0.1, 0.15) is 12.0 Å². The number of amides is 1. The number of carbonyl (C=O) groups is 1. The maximum atomic E-state index is 13.3. The third kappa shape index (κ3) is 4.37. The molecule has 5 rings (SSSR count). The highest BCUT2D eigenvalue weighted by atomic mass is 32.1. The summed E-state index contributed by atoms with van der Waals surface area (Å²) in [4.78, 5) is 16.9. The molecule has 8 heteroatoms. The van der Waals surface area contributed by atoms with Crippen LogP contribution in [-0.4, -0.2) is 53.2 Å². The maximum absolute atomic E-state index is 13.3. The Morgan fingerprint density at radius 1 is 1.10 bits per heavy atom. The molecule has 2 fully saturated rings. The molecule has 0 aliphatic carbocycles. The first-order valence-corrected chi connectivity index (χ1v) is 11.2. The SMILES string of the molecule is O=C1C[C@]2(COCCN(Cc3ccc(-c4csnn4)cc3)C2)CN1c1ccc(F)cc1. The molecule has 2 aliphatic heterocycles. The van der Waals surface area contributed by atoms with Crippen LogP contribution >= 0.6 is 11.5 Å². The largest absolute Gasteiger partial charge is 0.379 e. The number of carbonyl (C=O) groups excluding carboxylic acids is 1. The Morgan fingerprint density at radius 2 is 1.90 bits per heavy atom. The molecule has 0 bridgehead atoms. The van der Waals surface area contributed by atoms with Crippen LogP contribution in [0.4, 0.5) is 10.1 Å². The number of hydrogen-bond acceptors (Lipinski definition) is 6. The number of ether oxygens (including phenoxy) is 1. The van der Waals surface area contributed by atoms with Gasteiger partial charge in [-0.05, 0) is 41.4 Å². The third-order valence-corrected chi connectivity index (χ3v) is 6.50. The molecule has 3 heterocycles. The number of halogens is 1. The molecule has 1 aromatic heterocycles. The number of aromatic nitrogens is 2. The van der Waals surface area contributed by atoms with Gasteiger partial charge in [-0.15, -0.1) is 5.10 Å². The van der Waals surface area contributed by atoms with Crippen molar-refractivity contribution >= 4 is 23.1 Å². The van der Waals surface area contributed by atoms with Crippen LogP contribution in [0.2, 0.25) is 0 Å². The predicted molar refractivity (Wildman–Crippen MR) is 117 cm³/mol. The average molecular weight is 439 g/mol. The van der Waals surface area contributed by atoms with E-state index in [1.807, 2.05) is 5.38 Å². The fourth-order valence-electron chi connectivity index (χ4n) is 4.50. The van der Waals surface area contributed by atoms with Gasteiger partial charge in [0.2, 0.25) is 5.91 Å². The fourth-order valence-corrected chi connectivity index (χ4v) is 4.97. The third-order valence-electron chi connectivity index (χ3n) is 5.99. The zero-order chi connectivity index (χ0) is 21.3. The number of nitrogens with zero attached hydrogens (tertiary/aromatic N) is 4. The van der Waals surface area contributed by atoms with Crippen molar-refractivity contribution < 1.29 is 13.9 Å². The Hall–Kier alpha value is -2.68. The molecule has 0 saturated carbocycles. The van der Waals surface area contributed by atoms with Crippen LogP contribution in [0.5, 0.6) is 0 Å². The van der Waals surface area contributed by atoms with E-state index in [0.29, 0.717) is 26.2 Å². The smallest absolute Gasteiger partial charge is 0.227 e. The zero-order valence-corrected chi connectivity index (χ0v) is 17.9. The summed E-state index contributed by atoms with van der Waals surface area (Å²) in [6, 6.07) is 14.5. The zero-order valence-electron chi connectivity index (χ0n) is 17.0. The summed E-state index contributed by atoms with van der Waals surface area (Å²) in [5, 5.41) is 6.06. The van der Waals surface area contributed by atoms with E-state index >= 15 is 0 Å². The Bertz CT molecular complexity index is 1040. The number of hydrogen-bond donors (Lipinski definition) is 0. The standard InChI is InChI=1S/C23H23FN4O2S/c24-19-5-7-20(8-6-19)28-15-23(11-22(28)29)14-27(9-10-30-16-23)12-17-1-3-18(4-2-17)21-13-31-26-25-21/h1-8,13H,9-12,14-16H2/t23-/m1/s1. The van der Waals surface area contributed by atoms with E-state index in [-0.39, 0.29) is 17.1 Å². The lowest BCUT2D eigenvalue weighted by molar-refractivity contribution is -0.118. The van der Waals surface area contributed by atoms with Crippen molar-refractivity contribution in [2.75, 3.05) is 37.7 Å². The first-order valence-electron chi connectivity index (χ1n) is 10.3. The Morgan fingerprint density at radius 3 is 2.65 bits per heavy atom. The summed E-state index contributed by atoms with van der Waals surface area (Å²) >= 11 is 1.35. The lowest BCUT2D eigenvalue weighted by Gasteiger charge is -2.31. The summed E-state index contributed by atoms with van der Waals surface area (Å²) in [5.74, 6) is -0.232. The van der Waals surface area contributed by atoms with Crippen LogP contribution in [0.15, 0.2) is 53.9 Å². The number of benzene rings is 2. The summed E-state index contributed by atoms with van der Waals surface area (Å²) in [6.07, 6.45) is 0.441. The van der Waals surface area contributed by atoms with E-state index < -0.39 is 0 Å². The molecule has 1 spiro atoms.